The minimum absolute atomic E-state index is 0.0517. The predicted molar refractivity (Wildman–Crippen MR) is 104 cm³/mol. The summed E-state index contributed by atoms with van der Waals surface area (Å²) >= 11 is 0. The van der Waals surface area contributed by atoms with Crippen LogP contribution in [0.4, 0.5) is 10.5 Å². The molecule has 2 amide bonds. The topological polar surface area (TPSA) is 69.8 Å². The first-order valence-corrected chi connectivity index (χ1v) is 9.05. The van der Waals surface area contributed by atoms with Gasteiger partial charge in [-0.2, -0.15) is 5.10 Å². The average Bonchev–Trinajstić information content (AvgIpc) is 3.21. The zero-order valence-electron chi connectivity index (χ0n) is 15.4. The Morgan fingerprint density at radius 2 is 2.00 bits per heavy atom. The number of aromatic amines is 1. The van der Waals surface area contributed by atoms with Crippen molar-refractivity contribution in [3.8, 4) is 0 Å². The van der Waals surface area contributed by atoms with Gasteiger partial charge >= 0.3 is 6.03 Å². The molecule has 3 N–H and O–H groups in total. The number of carbonyl (C=O) groups excluding carboxylic acids is 1. The van der Waals surface area contributed by atoms with Crippen LogP contribution >= 0.6 is 0 Å². The summed E-state index contributed by atoms with van der Waals surface area (Å²) in [6.07, 6.45) is 3.67. The Kier molecular flexibility index (Phi) is 3.94. The van der Waals surface area contributed by atoms with E-state index in [0.29, 0.717) is 0 Å². The van der Waals surface area contributed by atoms with E-state index in [2.05, 4.69) is 59.8 Å². The van der Waals surface area contributed by atoms with Crippen LogP contribution in [0.5, 0.6) is 0 Å². The van der Waals surface area contributed by atoms with Crippen molar-refractivity contribution in [1.29, 1.82) is 0 Å². The van der Waals surface area contributed by atoms with E-state index < -0.39 is 0 Å². The van der Waals surface area contributed by atoms with Crippen molar-refractivity contribution in [1.82, 2.24) is 15.5 Å². The van der Waals surface area contributed by atoms with Gasteiger partial charge in [0, 0.05) is 5.39 Å². The van der Waals surface area contributed by atoms with Crippen LogP contribution < -0.4 is 10.6 Å². The van der Waals surface area contributed by atoms with Gasteiger partial charge in [-0.25, -0.2) is 4.79 Å². The fourth-order valence-corrected chi connectivity index (χ4v) is 3.90. The molecule has 4 rings (SSSR count). The lowest BCUT2D eigenvalue weighted by Crippen LogP contribution is -2.31. The van der Waals surface area contributed by atoms with Crippen molar-refractivity contribution in [2.75, 3.05) is 5.32 Å². The maximum atomic E-state index is 12.6. The van der Waals surface area contributed by atoms with Crippen LogP contribution in [-0.2, 0) is 11.8 Å². The number of hydrogen-bond acceptors (Lipinski definition) is 2. The standard InChI is InChI=1S/C21H24N4O/c1-21(2,3)16-7-4-6-14-13(16)10-11-18(14)24-20(26)23-17-8-5-9-19-15(17)12-22-25-19/h4-9,12,18H,10-11H2,1-3H3,(H,22,25)(H2,23,24,26). The molecule has 3 aromatic rings. The average molecular weight is 348 g/mol. The van der Waals surface area contributed by atoms with Crippen molar-refractivity contribution in [3.05, 3.63) is 59.3 Å². The zero-order chi connectivity index (χ0) is 18.3. The van der Waals surface area contributed by atoms with Gasteiger partial charge in [0.2, 0.25) is 0 Å². The molecule has 0 radical (unpaired) electrons. The summed E-state index contributed by atoms with van der Waals surface area (Å²) in [6.45, 7) is 6.71. The zero-order valence-corrected chi connectivity index (χ0v) is 15.4. The van der Waals surface area contributed by atoms with E-state index in [1.54, 1.807) is 6.20 Å². The van der Waals surface area contributed by atoms with Gasteiger partial charge in [0.15, 0.2) is 0 Å². The lowest BCUT2D eigenvalue weighted by Gasteiger charge is -2.23. The summed E-state index contributed by atoms with van der Waals surface area (Å²) in [5, 5.41) is 14.0. The van der Waals surface area contributed by atoms with Crippen LogP contribution in [-0.4, -0.2) is 16.2 Å². The first-order valence-electron chi connectivity index (χ1n) is 9.05. The third kappa shape index (κ3) is 2.94. The van der Waals surface area contributed by atoms with E-state index in [-0.39, 0.29) is 17.5 Å². The molecule has 0 bridgehead atoms. The van der Waals surface area contributed by atoms with Crippen LogP contribution in [0.25, 0.3) is 10.9 Å². The van der Waals surface area contributed by atoms with Gasteiger partial charge in [-0.1, -0.05) is 45.0 Å². The van der Waals surface area contributed by atoms with Gasteiger partial charge in [0.05, 0.1) is 23.4 Å². The molecule has 1 aliphatic carbocycles. The van der Waals surface area contributed by atoms with Gasteiger partial charge in [-0.15, -0.1) is 0 Å². The Balaban J connectivity index is 1.53. The first kappa shape index (κ1) is 16.6. The summed E-state index contributed by atoms with van der Waals surface area (Å²) in [5.41, 5.74) is 5.79. The number of fused-ring (bicyclic) bond motifs is 2. The molecule has 26 heavy (non-hydrogen) atoms. The Hall–Kier alpha value is -2.82. The highest BCUT2D eigenvalue weighted by atomic mass is 16.2. The Morgan fingerprint density at radius 1 is 1.19 bits per heavy atom. The fourth-order valence-electron chi connectivity index (χ4n) is 3.90. The molecule has 5 nitrogen and oxygen atoms in total. The second-order valence-corrected chi connectivity index (χ2v) is 7.95. The van der Waals surface area contributed by atoms with Gasteiger partial charge in [0.1, 0.15) is 0 Å². The number of anilines is 1. The highest BCUT2D eigenvalue weighted by molar-refractivity contribution is 6.00. The smallest absolute Gasteiger partial charge is 0.319 e. The van der Waals surface area contributed by atoms with Crippen molar-refractivity contribution in [2.24, 2.45) is 0 Å². The molecule has 1 atom stereocenters. The Labute approximate surface area is 153 Å². The largest absolute Gasteiger partial charge is 0.331 e. The molecule has 0 saturated carbocycles. The maximum absolute atomic E-state index is 12.6. The van der Waals surface area contributed by atoms with E-state index in [9.17, 15) is 4.79 Å². The van der Waals surface area contributed by atoms with Gasteiger partial charge < -0.3 is 10.6 Å². The number of H-pyrrole nitrogens is 1. The Morgan fingerprint density at radius 3 is 2.81 bits per heavy atom. The van der Waals surface area contributed by atoms with E-state index in [0.717, 1.165) is 29.4 Å². The van der Waals surface area contributed by atoms with E-state index >= 15 is 0 Å². The third-order valence-electron chi connectivity index (χ3n) is 5.12. The molecule has 1 aromatic heterocycles. The minimum Gasteiger partial charge on any atom is -0.331 e. The fraction of sp³-hybridized carbons (Fsp3) is 0.333. The van der Waals surface area contributed by atoms with Crippen molar-refractivity contribution >= 4 is 22.6 Å². The molecule has 0 fully saturated rings. The van der Waals surface area contributed by atoms with E-state index in [4.69, 9.17) is 0 Å². The lowest BCUT2D eigenvalue weighted by molar-refractivity contribution is 0.248. The molecule has 0 aliphatic heterocycles. The molecular formula is C21H24N4O. The van der Waals surface area contributed by atoms with Crippen LogP contribution in [0.15, 0.2) is 42.6 Å². The molecule has 0 saturated heterocycles. The summed E-state index contributed by atoms with van der Waals surface area (Å²) in [5.74, 6) is 0. The van der Waals surface area contributed by atoms with Gasteiger partial charge in [0.25, 0.3) is 0 Å². The van der Waals surface area contributed by atoms with Crippen molar-refractivity contribution in [2.45, 2.75) is 45.1 Å². The van der Waals surface area contributed by atoms with Crippen LogP contribution in [0.2, 0.25) is 0 Å². The van der Waals surface area contributed by atoms with Crippen molar-refractivity contribution in [3.63, 3.8) is 0 Å². The lowest BCUT2D eigenvalue weighted by atomic mass is 9.82. The number of benzene rings is 2. The highest BCUT2D eigenvalue weighted by Crippen LogP contribution is 2.38. The number of hydrogen-bond donors (Lipinski definition) is 3. The third-order valence-corrected chi connectivity index (χ3v) is 5.12. The summed E-state index contributed by atoms with van der Waals surface area (Å²) in [4.78, 5) is 12.6. The van der Waals surface area contributed by atoms with Crippen LogP contribution in [0.1, 0.15) is 49.9 Å². The second kappa shape index (κ2) is 6.16. The van der Waals surface area contributed by atoms with Gasteiger partial charge in [-0.3, -0.25) is 5.10 Å². The number of aromatic nitrogens is 2. The minimum atomic E-state index is -0.183. The Bertz CT molecular complexity index is 968. The van der Waals surface area contributed by atoms with E-state index in [1.165, 1.54) is 16.7 Å². The number of nitrogens with zero attached hydrogens (tertiary/aromatic N) is 1. The summed E-state index contributed by atoms with van der Waals surface area (Å²) in [6, 6.07) is 12.0. The predicted octanol–water partition coefficient (Wildman–Crippen LogP) is 4.67. The summed E-state index contributed by atoms with van der Waals surface area (Å²) in [7, 11) is 0. The molecular weight excluding hydrogens is 324 g/mol. The molecule has 2 aromatic carbocycles. The molecule has 1 heterocycles. The summed E-state index contributed by atoms with van der Waals surface area (Å²) < 4.78 is 0. The maximum Gasteiger partial charge on any atom is 0.319 e. The number of rotatable bonds is 2. The normalized spacial score (nSPS) is 16.5. The second-order valence-electron chi connectivity index (χ2n) is 7.95. The molecule has 0 spiro atoms. The molecule has 1 unspecified atom stereocenters. The van der Waals surface area contributed by atoms with Gasteiger partial charge in [-0.05, 0) is 47.1 Å². The van der Waals surface area contributed by atoms with Crippen molar-refractivity contribution < 1.29 is 4.79 Å². The van der Waals surface area contributed by atoms with Crippen LogP contribution in [0.3, 0.4) is 0 Å². The number of nitrogens with one attached hydrogen (secondary N) is 3. The monoisotopic (exact) mass is 348 g/mol. The highest BCUT2D eigenvalue weighted by Gasteiger charge is 2.29. The first-order chi connectivity index (χ1) is 12.4. The molecule has 5 heteroatoms. The molecule has 134 valence electrons. The number of amides is 2. The number of carbonyl (C=O) groups is 1. The quantitative estimate of drug-likeness (QED) is 0.630. The van der Waals surface area contributed by atoms with Crippen LogP contribution in [0, 0.1) is 0 Å². The van der Waals surface area contributed by atoms with E-state index in [1.807, 2.05) is 18.2 Å². The SMILES string of the molecule is CC(C)(C)c1cccc2c1CCC2NC(=O)Nc1cccc2[nH]ncc12. The number of urea groups is 1. The molecule has 1 aliphatic rings.